The van der Waals surface area contributed by atoms with Gasteiger partial charge in [0.25, 0.3) is 0 Å². The molecule has 1 N–H and O–H groups in total. The van der Waals surface area contributed by atoms with Crippen molar-refractivity contribution in [2.45, 2.75) is 17.6 Å². The van der Waals surface area contributed by atoms with E-state index in [1.807, 2.05) is 6.92 Å². The molecule has 1 aromatic carbocycles. The Morgan fingerprint density at radius 2 is 2.00 bits per heavy atom. The molecule has 0 atom stereocenters. The first kappa shape index (κ1) is 15.7. The molecule has 0 aliphatic carbocycles. The van der Waals surface area contributed by atoms with E-state index in [1.165, 1.54) is 18.3 Å². The Labute approximate surface area is 130 Å². The van der Waals surface area contributed by atoms with Gasteiger partial charge in [0.05, 0.1) is 16.2 Å². The molecule has 5 nitrogen and oxygen atoms in total. The Morgan fingerprint density at radius 3 is 2.62 bits per heavy atom. The number of benzene rings is 1. The summed E-state index contributed by atoms with van der Waals surface area (Å²) in [5.41, 5.74) is 1.35. The normalized spacial score (nSPS) is 11.3. The molecule has 0 bridgehead atoms. The van der Waals surface area contributed by atoms with Gasteiger partial charge in [0.15, 0.2) is 9.84 Å². The van der Waals surface area contributed by atoms with Gasteiger partial charge in [-0.3, -0.25) is 4.98 Å². The SMILES string of the molecule is Cc1cncc(CS(=O)(=O)c2ccc(Br)c(C(=O)O)c2)c1. The van der Waals surface area contributed by atoms with Crippen LogP contribution in [-0.2, 0) is 15.6 Å². The smallest absolute Gasteiger partial charge is 0.336 e. The first-order valence-electron chi connectivity index (χ1n) is 5.96. The molecule has 110 valence electrons. The summed E-state index contributed by atoms with van der Waals surface area (Å²) in [7, 11) is -3.63. The second-order valence-corrected chi connectivity index (χ2v) is 7.42. The Bertz CT molecular complexity index is 802. The molecule has 7 heteroatoms. The van der Waals surface area contributed by atoms with Crippen LogP contribution in [0.15, 0.2) is 46.0 Å². The van der Waals surface area contributed by atoms with Crippen molar-refractivity contribution in [3.05, 3.63) is 57.8 Å². The van der Waals surface area contributed by atoms with Crippen LogP contribution < -0.4 is 0 Å². The number of pyridine rings is 1. The van der Waals surface area contributed by atoms with Gasteiger partial charge < -0.3 is 5.11 Å². The zero-order chi connectivity index (χ0) is 15.6. The second-order valence-electron chi connectivity index (χ2n) is 4.58. The van der Waals surface area contributed by atoms with Crippen LogP contribution in [0.25, 0.3) is 0 Å². The van der Waals surface area contributed by atoms with Gasteiger partial charge in [-0.2, -0.15) is 0 Å². The molecule has 0 saturated carbocycles. The van der Waals surface area contributed by atoms with Gasteiger partial charge in [-0.1, -0.05) is 6.07 Å². The highest BCUT2D eigenvalue weighted by atomic mass is 79.9. The molecule has 2 aromatic rings. The third-order valence-electron chi connectivity index (χ3n) is 2.82. The minimum Gasteiger partial charge on any atom is -0.478 e. The molecule has 0 saturated heterocycles. The van der Waals surface area contributed by atoms with Crippen molar-refractivity contribution in [3.63, 3.8) is 0 Å². The highest BCUT2D eigenvalue weighted by Gasteiger charge is 2.19. The zero-order valence-electron chi connectivity index (χ0n) is 11.1. The van der Waals surface area contributed by atoms with E-state index in [4.69, 9.17) is 5.11 Å². The van der Waals surface area contributed by atoms with Crippen LogP contribution in [0.3, 0.4) is 0 Å². The van der Waals surface area contributed by atoms with Crippen molar-refractivity contribution in [1.82, 2.24) is 4.98 Å². The number of carbonyl (C=O) groups is 1. The van der Waals surface area contributed by atoms with Crippen LogP contribution in [0, 0.1) is 6.92 Å². The summed E-state index contributed by atoms with van der Waals surface area (Å²) < 4.78 is 25.1. The lowest BCUT2D eigenvalue weighted by Gasteiger charge is -2.07. The third kappa shape index (κ3) is 3.68. The van der Waals surface area contributed by atoms with Gasteiger partial charge in [0.2, 0.25) is 0 Å². The molecule has 0 fully saturated rings. The highest BCUT2D eigenvalue weighted by molar-refractivity contribution is 9.10. The van der Waals surface area contributed by atoms with Crippen molar-refractivity contribution in [3.8, 4) is 0 Å². The third-order valence-corrected chi connectivity index (χ3v) is 5.19. The molecule has 0 spiro atoms. The van der Waals surface area contributed by atoms with Crippen LogP contribution in [0.2, 0.25) is 0 Å². The number of rotatable bonds is 4. The lowest BCUT2D eigenvalue weighted by Crippen LogP contribution is -2.07. The highest BCUT2D eigenvalue weighted by Crippen LogP contribution is 2.23. The minimum absolute atomic E-state index is 0.0235. The van der Waals surface area contributed by atoms with Gasteiger partial charge in [0.1, 0.15) is 0 Å². The standard InChI is InChI=1S/C14H12BrNO4S/c1-9-4-10(7-16-6-9)8-21(19,20)11-2-3-13(15)12(5-11)14(17)18/h2-7H,8H2,1H3,(H,17,18). The van der Waals surface area contributed by atoms with Crippen LogP contribution in [0.4, 0.5) is 0 Å². The number of sulfone groups is 1. The first-order valence-corrected chi connectivity index (χ1v) is 8.40. The molecule has 1 heterocycles. The minimum atomic E-state index is -3.63. The van der Waals surface area contributed by atoms with E-state index in [9.17, 15) is 13.2 Å². The maximum Gasteiger partial charge on any atom is 0.336 e. The van der Waals surface area contributed by atoms with E-state index < -0.39 is 15.8 Å². The number of carboxylic acids is 1. The predicted molar refractivity (Wildman–Crippen MR) is 81.0 cm³/mol. The van der Waals surface area contributed by atoms with Gasteiger partial charge in [0, 0.05) is 16.9 Å². The molecule has 0 radical (unpaired) electrons. The van der Waals surface area contributed by atoms with Gasteiger partial charge >= 0.3 is 5.97 Å². The number of halogens is 1. The summed E-state index contributed by atoms with van der Waals surface area (Å²) in [6, 6.07) is 5.70. The van der Waals surface area contributed by atoms with E-state index in [-0.39, 0.29) is 16.2 Å². The Morgan fingerprint density at radius 1 is 1.29 bits per heavy atom. The molecular weight excluding hydrogens is 358 g/mol. The van der Waals surface area contributed by atoms with Crippen molar-refractivity contribution >= 4 is 31.7 Å². The molecule has 0 amide bonds. The van der Waals surface area contributed by atoms with Crippen molar-refractivity contribution < 1.29 is 18.3 Å². The number of hydrogen-bond donors (Lipinski definition) is 1. The fourth-order valence-corrected chi connectivity index (χ4v) is 3.61. The summed E-state index contributed by atoms with van der Waals surface area (Å²) in [6.07, 6.45) is 3.12. The molecule has 0 aliphatic rings. The average molecular weight is 370 g/mol. The van der Waals surface area contributed by atoms with Crippen molar-refractivity contribution in [2.75, 3.05) is 0 Å². The Hall–Kier alpha value is -1.73. The van der Waals surface area contributed by atoms with E-state index in [0.29, 0.717) is 10.0 Å². The van der Waals surface area contributed by atoms with Crippen LogP contribution in [0.5, 0.6) is 0 Å². The zero-order valence-corrected chi connectivity index (χ0v) is 13.5. The monoisotopic (exact) mass is 369 g/mol. The van der Waals surface area contributed by atoms with Crippen LogP contribution in [-0.4, -0.2) is 24.5 Å². The largest absolute Gasteiger partial charge is 0.478 e. The number of aromatic nitrogens is 1. The van der Waals surface area contributed by atoms with Crippen molar-refractivity contribution in [1.29, 1.82) is 0 Å². The molecule has 0 unspecified atom stereocenters. The van der Waals surface area contributed by atoms with Crippen LogP contribution >= 0.6 is 15.9 Å². The topological polar surface area (TPSA) is 84.3 Å². The number of nitrogens with zero attached hydrogens (tertiary/aromatic N) is 1. The van der Waals surface area contributed by atoms with Gasteiger partial charge in [-0.25, -0.2) is 13.2 Å². The first-order chi connectivity index (χ1) is 9.79. The van der Waals surface area contributed by atoms with E-state index in [0.717, 1.165) is 11.6 Å². The quantitative estimate of drug-likeness (QED) is 0.895. The predicted octanol–water partition coefficient (Wildman–Crippen LogP) is 2.82. The number of aromatic carboxylic acids is 1. The van der Waals surface area contributed by atoms with Gasteiger partial charge in [-0.05, 0) is 52.2 Å². The maximum atomic E-state index is 12.4. The van der Waals surface area contributed by atoms with E-state index in [1.54, 1.807) is 12.3 Å². The van der Waals surface area contributed by atoms with E-state index in [2.05, 4.69) is 20.9 Å². The fourth-order valence-electron chi connectivity index (χ4n) is 1.86. The van der Waals surface area contributed by atoms with Crippen molar-refractivity contribution in [2.24, 2.45) is 0 Å². The molecule has 2 rings (SSSR count). The summed E-state index contributed by atoms with van der Waals surface area (Å²) in [4.78, 5) is 15.0. The average Bonchev–Trinajstić information content (AvgIpc) is 2.38. The van der Waals surface area contributed by atoms with Crippen LogP contribution in [0.1, 0.15) is 21.5 Å². The molecule has 21 heavy (non-hydrogen) atoms. The fraction of sp³-hybridized carbons (Fsp3) is 0.143. The van der Waals surface area contributed by atoms with Gasteiger partial charge in [-0.15, -0.1) is 0 Å². The lowest BCUT2D eigenvalue weighted by atomic mass is 10.2. The molecular formula is C14H12BrNO4S. The maximum absolute atomic E-state index is 12.4. The summed E-state index contributed by atoms with van der Waals surface area (Å²) in [6.45, 7) is 1.82. The molecule has 1 aromatic heterocycles. The summed E-state index contributed by atoms with van der Waals surface area (Å²) >= 11 is 3.09. The summed E-state index contributed by atoms with van der Waals surface area (Å²) in [5.74, 6) is -1.40. The van der Waals surface area contributed by atoms with E-state index >= 15 is 0 Å². The Kier molecular flexibility index (Phi) is 4.43. The number of carboxylic acid groups (broad SMARTS) is 1. The summed E-state index contributed by atoms with van der Waals surface area (Å²) in [5, 5.41) is 9.05. The molecule has 0 aliphatic heterocycles. The Balaban J connectivity index is 2.40. The lowest BCUT2D eigenvalue weighted by molar-refractivity contribution is 0.0695. The second kappa shape index (κ2) is 5.95. The number of aryl methyl sites for hydroxylation is 1. The number of hydrogen-bond acceptors (Lipinski definition) is 4.